The van der Waals surface area contributed by atoms with Gasteiger partial charge in [-0.05, 0) is 51.1 Å². The lowest BCUT2D eigenvalue weighted by Crippen LogP contribution is -2.38. The van der Waals surface area contributed by atoms with Crippen molar-refractivity contribution in [1.82, 2.24) is 4.90 Å². The third kappa shape index (κ3) is 2.96. The molecule has 2 N–H and O–H groups in total. The van der Waals surface area contributed by atoms with E-state index in [0.29, 0.717) is 11.5 Å². The molecule has 1 unspecified atom stereocenters. The molecule has 1 aliphatic rings. The minimum Gasteiger partial charge on any atom is -0.330 e. The topological polar surface area (TPSA) is 29.3 Å². The van der Waals surface area contributed by atoms with Crippen LogP contribution in [0.1, 0.15) is 40.0 Å². The second-order valence-electron chi connectivity index (χ2n) is 5.44. The summed E-state index contributed by atoms with van der Waals surface area (Å²) in [6.07, 6.45) is 3.99. The van der Waals surface area contributed by atoms with Crippen LogP contribution in [-0.4, -0.2) is 31.1 Å². The molecule has 0 radical (unpaired) electrons. The largest absolute Gasteiger partial charge is 0.330 e. The number of nitrogens with zero attached hydrogens (tertiary/aromatic N) is 1. The maximum atomic E-state index is 5.65. The van der Waals surface area contributed by atoms with Crippen LogP contribution in [0.15, 0.2) is 0 Å². The first-order chi connectivity index (χ1) is 6.51. The molecule has 1 rings (SSSR count). The molecule has 0 heterocycles. The van der Waals surface area contributed by atoms with E-state index in [1.165, 1.54) is 25.8 Å². The predicted octanol–water partition coefficient (Wildman–Crippen LogP) is 2.09. The number of rotatable bonds is 6. The molecule has 1 fully saturated rings. The summed E-state index contributed by atoms with van der Waals surface area (Å²) in [5, 5.41) is 0. The molecule has 0 saturated heterocycles. The molecule has 84 valence electrons. The zero-order valence-corrected chi connectivity index (χ0v) is 10.2. The Balaban J connectivity index is 2.36. The van der Waals surface area contributed by atoms with E-state index in [0.717, 1.165) is 12.5 Å². The lowest BCUT2D eigenvalue weighted by Gasteiger charge is -2.31. The Bertz CT molecular complexity index is 173. The van der Waals surface area contributed by atoms with Gasteiger partial charge in [-0.15, -0.1) is 0 Å². The van der Waals surface area contributed by atoms with Crippen molar-refractivity contribution in [2.75, 3.05) is 20.1 Å². The van der Waals surface area contributed by atoms with Crippen LogP contribution >= 0.6 is 0 Å². The standard InChI is InChI=1S/C12H26N2/c1-10(2)11(3)14(4)9-12(5-6-12)7-8-13/h10-11H,5-9,13H2,1-4H3. The molecular weight excluding hydrogens is 172 g/mol. The van der Waals surface area contributed by atoms with Gasteiger partial charge in [0.05, 0.1) is 0 Å². The summed E-state index contributed by atoms with van der Waals surface area (Å²) in [4.78, 5) is 2.51. The van der Waals surface area contributed by atoms with Gasteiger partial charge in [0.15, 0.2) is 0 Å². The first kappa shape index (κ1) is 12.0. The van der Waals surface area contributed by atoms with E-state index < -0.39 is 0 Å². The normalized spacial score (nSPS) is 21.6. The highest BCUT2D eigenvalue weighted by molar-refractivity contribution is 4.95. The molecule has 0 bridgehead atoms. The molecule has 14 heavy (non-hydrogen) atoms. The molecule has 0 spiro atoms. The summed E-state index contributed by atoms with van der Waals surface area (Å²) in [5.41, 5.74) is 6.24. The van der Waals surface area contributed by atoms with E-state index in [2.05, 4.69) is 32.7 Å². The summed E-state index contributed by atoms with van der Waals surface area (Å²) in [6.45, 7) is 9.00. The van der Waals surface area contributed by atoms with Gasteiger partial charge in [0.25, 0.3) is 0 Å². The van der Waals surface area contributed by atoms with Gasteiger partial charge in [-0.1, -0.05) is 13.8 Å². The summed E-state index contributed by atoms with van der Waals surface area (Å²) >= 11 is 0. The van der Waals surface area contributed by atoms with Crippen LogP contribution in [0.3, 0.4) is 0 Å². The third-order valence-electron chi connectivity index (χ3n) is 3.88. The average Bonchev–Trinajstić information content (AvgIpc) is 2.84. The van der Waals surface area contributed by atoms with E-state index in [9.17, 15) is 0 Å². The van der Waals surface area contributed by atoms with Crippen molar-refractivity contribution in [3.8, 4) is 0 Å². The minimum atomic E-state index is 0.590. The first-order valence-corrected chi connectivity index (χ1v) is 5.91. The van der Waals surface area contributed by atoms with Gasteiger partial charge in [0.2, 0.25) is 0 Å². The molecule has 2 heteroatoms. The maximum absolute atomic E-state index is 5.65. The van der Waals surface area contributed by atoms with Crippen molar-refractivity contribution in [3.63, 3.8) is 0 Å². The van der Waals surface area contributed by atoms with Gasteiger partial charge in [0, 0.05) is 12.6 Å². The Labute approximate surface area is 88.8 Å². The van der Waals surface area contributed by atoms with E-state index in [1.807, 2.05) is 0 Å². The Morgan fingerprint density at radius 2 is 1.86 bits per heavy atom. The Morgan fingerprint density at radius 1 is 1.29 bits per heavy atom. The summed E-state index contributed by atoms with van der Waals surface area (Å²) in [6, 6.07) is 0.685. The molecule has 0 aromatic carbocycles. The van der Waals surface area contributed by atoms with Gasteiger partial charge in [-0.3, -0.25) is 0 Å². The summed E-state index contributed by atoms with van der Waals surface area (Å²) in [7, 11) is 2.25. The van der Waals surface area contributed by atoms with Crippen molar-refractivity contribution >= 4 is 0 Å². The Morgan fingerprint density at radius 3 is 2.21 bits per heavy atom. The molecule has 1 aliphatic carbocycles. The van der Waals surface area contributed by atoms with Gasteiger partial charge < -0.3 is 10.6 Å². The summed E-state index contributed by atoms with van der Waals surface area (Å²) < 4.78 is 0. The molecule has 1 saturated carbocycles. The van der Waals surface area contributed by atoms with Gasteiger partial charge in [-0.2, -0.15) is 0 Å². The van der Waals surface area contributed by atoms with Gasteiger partial charge in [-0.25, -0.2) is 0 Å². The van der Waals surface area contributed by atoms with Crippen LogP contribution in [0.2, 0.25) is 0 Å². The minimum absolute atomic E-state index is 0.590. The third-order valence-corrected chi connectivity index (χ3v) is 3.88. The predicted molar refractivity (Wildman–Crippen MR) is 62.3 cm³/mol. The van der Waals surface area contributed by atoms with Crippen LogP contribution in [-0.2, 0) is 0 Å². The number of hydrogen-bond donors (Lipinski definition) is 1. The van der Waals surface area contributed by atoms with Crippen LogP contribution in [0.25, 0.3) is 0 Å². The highest BCUT2D eigenvalue weighted by Crippen LogP contribution is 2.49. The van der Waals surface area contributed by atoms with Gasteiger partial charge >= 0.3 is 0 Å². The zero-order chi connectivity index (χ0) is 10.8. The van der Waals surface area contributed by atoms with Crippen molar-refractivity contribution in [2.45, 2.75) is 46.1 Å². The van der Waals surface area contributed by atoms with Crippen molar-refractivity contribution < 1.29 is 0 Å². The monoisotopic (exact) mass is 198 g/mol. The summed E-state index contributed by atoms with van der Waals surface area (Å²) in [5.74, 6) is 0.744. The number of nitrogens with two attached hydrogens (primary N) is 1. The second-order valence-corrected chi connectivity index (χ2v) is 5.44. The molecule has 1 atom stereocenters. The first-order valence-electron chi connectivity index (χ1n) is 5.91. The van der Waals surface area contributed by atoms with Crippen LogP contribution in [0.4, 0.5) is 0 Å². The molecule has 0 aromatic heterocycles. The fourth-order valence-electron chi connectivity index (χ4n) is 2.15. The second kappa shape index (κ2) is 4.63. The quantitative estimate of drug-likeness (QED) is 0.708. The zero-order valence-electron chi connectivity index (χ0n) is 10.2. The molecule has 2 nitrogen and oxygen atoms in total. The van der Waals surface area contributed by atoms with Crippen molar-refractivity contribution in [1.29, 1.82) is 0 Å². The van der Waals surface area contributed by atoms with Crippen molar-refractivity contribution in [3.05, 3.63) is 0 Å². The van der Waals surface area contributed by atoms with Crippen molar-refractivity contribution in [2.24, 2.45) is 17.1 Å². The molecule has 0 aromatic rings. The highest BCUT2D eigenvalue weighted by Gasteiger charge is 2.42. The van der Waals surface area contributed by atoms with E-state index >= 15 is 0 Å². The lowest BCUT2D eigenvalue weighted by atomic mass is 9.99. The van der Waals surface area contributed by atoms with E-state index in [4.69, 9.17) is 5.73 Å². The van der Waals surface area contributed by atoms with E-state index in [-0.39, 0.29) is 0 Å². The van der Waals surface area contributed by atoms with Crippen LogP contribution in [0, 0.1) is 11.3 Å². The smallest absolute Gasteiger partial charge is 0.00871 e. The highest BCUT2D eigenvalue weighted by atomic mass is 15.1. The maximum Gasteiger partial charge on any atom is 0.00871 e. The number of hydrogen-bond acceptors (Lipinski definition) is 2. The van der Waals surface area contributed by atoms with Crippen LogP contribution < -0.4 is 5.73 Å². The van der Waals surface area contributed by atoms with Gasteiger partial charge in [0.1, 0.15) is 0 Å². The fraction of sp³-hybridized carbons (Fsp3) is 1.00. The van der Waals surface area contributed by atoms with Crippen LogP contribution in [0.5, 0.6) is 0 Å². The SMILES string of the molecule is CC(C)C(C)N(C)CC1(CCN)CC1. The Kier molecular flexibility index (Phi) is 3.96. The average molecular weight is 198 g/mol. The van der Waals surface area contributed by atoms with E-state index in [1.54, 1.807) is 0 Å². The molecule has 0 aliphatic heterocycles. The fourth-order valence-corrected chi connectivity index (χ4v) is 2.15. The lowest BCUT2D eigenvalue weighted by molar-refractivity contribution is 0.167. The Hall–Kier alpha value is -0.0800. The molecule has 0 amide bonds. The molecular formula is C12H26N2.